The molecule has 2 heteroatoms. The molecule has 0 bridgehead atoms. The van der Waals surface area contributed by atoms with Crippen LogP contribution in [0.15, 0.2) is 127 Å². The van der Waals surface area contributed by atoms with E-state index in [0.717, 1.165) is 0 Å². The van der Waals surface area contributed by atoms with E-state index >= 15 is 0 Å². The van der Waals surface area contributed by atoms with Crippen LogP contribution in [0.2, 0.25) is 0 Å². The fourth-order valence-corrected chi connectivity index (χ4v) is 7.53. The van der Waals surface area contributed by atoms with Gasteiger partial charge < -0.3 is 4.90 Å². The fourth-order valence-electron chi connectivity index (χ4n) is 6.45. The average Bonchev–Trinajstić information content (AvgIpc) is 3.45. The lowest BCUT2D eigenvalue weighted by molar-refractivity contribution is 0.660. The molecular weight excluding hydrogens is 490 g/mol. The minimum absolute atomic E-state index is 0.0511. The molecule has 0 amide bonds. The van der Waals surface area contributed by atoms with Crippen LogP contribution in [-0.4, -0.2) is 0 Å². The monoisotopic (exact) mass is 517 g/mol. The van der Waals surface area contributed by atoms with Gasteiger partial charge in [0, 0.05) is 42.6 Å². The zero-order valence-corrected chi connectivity index (χ0v) is 22.8. The maximum Gasteiger partial charge on any atom is 0.0468 e. The van der Waals surface area contributed by atoms with E-state index < -0.39 is 0 Å². The summed E-state index contributed by atoms with van der Waals surface area (Å²) in [5, 5.41) is 5.14. The average molecular weight is 518 g/mol. The molecule has 0 atom stereocenters. The first-order chi connectivity index (χ1) is 19.1. The molecule has 6 aromatic carbocycles. The lowest BCUT2D eigenvalue weighted by atomic mass is 9.82. The SMILES string of the molecule is CC1(C)c2ccccc2-c2ccc(N(c3ccc4ccccc4c3)c3ccc4sc5ccccc5c4c3)cc21. The lowest BCUT2D eigenvalue weighted by Gasteiger charge is -2.28. The van der Waals surface area contributed by atoms with Crippen molar-refractivity contribution in [3.05, 3.63) is 139 Å². The summed E-state index contributed by atoms with van der Waals surface area (Å²) in [6, 6.07) is 47.0. The fraction of sp³-hybridized carbons (Fsp3) is 0.0811. The van der Waals surface area contributed by atoms with Crippen LogP contribution in [0.5, 0.6) is 0 Å². The van der Waals surface area contributed by atoms with Crippen molar-refractivity contribution in [3.63, 3.8) is 0 Å². The summed E-state index contributed by atoms with van der Waals surface area (Å²) < 4.78 is 2.66. The Balaban J connectivity index is 1.37. The summed E-state index contributed by atoms with van der Waals surface area (Å²) in [5.41, 5.74) is 8.96. The van der Waals surface area contributed by atoms with Crippen LogP contribution < -0.4 is 4.90 Å². The first-order valence-electron chi connectivity index (χ1n) is 13.5. The summed E-state index contributed by atoms with van der Waals surface area (Å²) in [7, 11) is 0. The molecule has 1 nitrogen and oxygen atoms in total. The van der Waals surface area contributed by atoms with Gasteiger partial charge in [-0.05, 0) is 81.6 Å². The van der Waals surface area contributed by atoms with E-state index in [2.05, 4.69) is 146 Å². The zero-order chi connectivity index (χ0) is 26.1. The first kappa shape index (κ1) is 22.6. The van der Waals surface area contributed by atoms with Gasteiger partial charge in [-0.2, -0.15) is 0 Å². The molecule has 1 aliphatic rings. The van der Waals surface area contributed by atoms with Gasteiger partial charge in [-0.1, -0.05) is 92.7 Å². The molecule has 7 aromatic rings. The number of nitrogens with zero attached hydrogens (tertiary/aromatic N) is 1. The minimum Gasteiger partial charge on any atom is -0.310 e. The predicted molar refractivity (Wildman–Crippen MR) is 169 cm³/mol. The molecule has 0 unspecified atom stereocenters. The molecule has 8 rings (SSSR count). The molecule has 0 spiro atoms. The zero-order valence-electron chi connectivity index (χ0n) is 22.0. The Morgan fingerprint density at radius 3 is 2.05 bits per heavy atom. The molecule has 0 saturated heterocycles. The van der Waals surface area contributed by atoms with Gasteiger partial charge >= 0.3 is 0 Å². The molecule has 186 valence electrons. The first-order valence-corrected chi connectivity index (χ1v) is 14.3. The third kappa shape index (κ3) is 3.38. The maximum absolute atomic E-state index is 2.43. The standard InChI is InChI=1S/C37H27NS/c1-37(2)33-13-7-5-11-29(33)30-19-17-28(23-34(30)37)38(26-16-15-24-9-3-4-10-25(24)21-26)27-18-20-36-32(22-27)31-12-6-8-14-35(31)39-36/h3-23H,1-2H3. The molecule has 0 aliphatic heterocycles. The molecule has 1 heterocycles. The smallest absolute Gasteiger partial charge is 0.0468 e. The van der Waals surface area contributed by atoms with Crippen LogP contribution >= 0.6 is 11.3 Å². The topological polar surface area (TPSA) is 3.24 Å². The van der Waals surface area contributed by atoms with Crippen LogP contribution in [0, 0.1) is 0 Å². The van der Waals surface area contributed by atoms with E-state index in [1.165, 1.54) is 70.3 Å². The van der Waals surface area contributed by atoms with Gasteiger partial charge in [-0.3, -0.25) is 0 Å². The van der Waals surface area contributed by atoms with Crippen molar-refractivity contribution in [1.29, 1.82) is 0 Å². The molecular formula is C37H27NS. The summed E-state index contributed by atoms with van der Waals surface area (Å²) in [4.78, 5) is 2.43. The van der Waals surface area contributed by atoms with Crippen molar-refractivity contribution >= 4 is 59.3 Å². The Labute approximate surface area is 232 Å². The number of benzene rings is 6. The molecule has 39 heavy (non-hydrogen) atoms. The third-order valence-corrected chi connectivity index (χ3v) is 9.59. The molecule has 0 radical (unpaired) electrons. The third-order valence-electron chi connectivity index (χ3n) is 8.44. The van der Waals surface area contributed by atoms with Crippen molar-refractivity contribution in [2.24, 2.45) is 0 Å². The number of hydrogen-bond donors (Lipinski definition) is 0. The molecule has 0 saturated carbocycles. The van der Waals surface area contributed by atoms with Crippen LogP contribution in [0.4, 0.5) is 17.1 Å². The maximum atomic E-state index is 2.43. The van der Waals surface area contributed by atoms with E-state index in [0.29, 0.717) is 0 Å². The number of rotatable bonds is 3. The molecule has 0 fully saturated rings. The number of fused-ring (bicyclic) bond motifs is 7. The van der Waals surface area contributed by atoms with Gasteiger partial charge in [0.2, 0.25) is 0 Å². The molecule has 1 aliphatic carbocycles. The number of hydrogen-bond acceptors (Lipinski definition) is 2. The highest BCUT2D eigenvalue weighted by Gasteiger charge is 2.35. The Hall–Kier alpha value is -4.40. The second-order valence-electron chi connectivity index (χ2n) is 11.0. The van der Waals surface area contributed by atoms with Gasteiger partial charge in [-0.25, -0.2) is 0 Å². The Bertz CT molecular complexity index is 2060. The summed E-state index contributed by atoms with van der Waals surface area (Å²) in [6.07, 6.45) is 0. The van der Waals surface area contributed by atoms with Crippen molar-refractivity contribution < 1.29 is 0 Å². The summed E-state index contributed by atoms with van der Waals surface area (Å²) in [5.74, 6) is 0. The van der Waals surface area contributed by atoms with Crippen molar-refractivity contribution in [2.45, 2.75) is 19.3 Å². The van der Waals surface area contributed by atoms with Gasteiger partial charge in [0.15, 0.2) is 0 Å². The van der Waals surface area contributed by atoms with Gasteiger partial charge in [0.05, 0.1) is 0 Å². The van der Waals surface area contributed by atoms with E-state index in [4.69, 9.17) is 0 Å². The second kappa shape index (κ2) is 8.30. The van der Waals surface area contributed by atoms with Crippen LogP contribution in [0.3, 0.4) is 0 Å². The minimum atomic E-state index is -0.0511. The predicted octanol–water partition coefficient (Wildman–Crippen LogP) is 11.0. The van der Waals surface area contributed by atoms with Gasteiger partial charge in [-0.15, -0.1) is 11.3 Å². The van der Waals surface area contributed by atoms with Crippen LogP contribution in [0.1, 0.15) is 25.0 Å². The van der Waals surface area contributed by atoms with E-state index in [-0.39, 0.29) is 5.41 Å². The largest absolute Gasteiger partial charge is 0.310 e. The molecule has 1 aromatic heterocycles. The van der Waals surface area contributed by atoms with Gasteiger partial charge in [0.1, 0.15) is 0 Å². The normalized spacial score (nSPS) is 13.6. The van der Waals surface area contributed by atoms with Crippen molar-refractivity contribution in [1.82, 2.24) is 0 Å². The Kier molecular flexibility index (Phi) is 4.80. The second-order valence-corrected chi connectivity index (χ2v) is 12.1. The summed E-state index contributed by atoms with van der Waals surface area (Å²) in [6.45, 7) is 4.71. The lowest BCUT2D eigenvalue weighted by Crippen LogP contribution is -2.16. The van der Waals surface area contributed by atoms with Crippen molar-refractivity contribution in [3.8, 4) is 11.1 Å². The van der Waals surface area contributed by atoms with Gasteiger partial charge in [0.25, 0.3) is 0 Å². The number of thiophene rings is 1. The van der Waals surface area contributed by atoms with Crippen LogP contribution in [-0.2, 0) is 5.41 Å². The highest BCUT2D eigenvalue weighted by Crippen LogP contribution is 2.51. The summed E-state index contributed by atoms with van der Waals surface area (Å²) >= 11 is 1.87. The van der Waals surface area contributed by atoms with E-state index in [1.54, 1.807) is 0 Å². The quantitative estimate of drug-likeness (QED) is 0.225. The number of anilines is 3. The highest BCUT2D eigenvalue weighted by atomic mass is 32.1. The van der Waals surface area contributed by atoms with Crippen LogP contribution in [0.25, 0.3) is 42.1 Å². The highest BCUT2D eigenvalue weighted by molar-refractivity contribution is 7.25. The van der Waals surface area contributed by atoms with E-state index in [9.17, 15) is 0 Å². The Morgan fingerprint density at radius 1 is 0.487 bits per heavy atom. The Morgan fingerprint density at radius 2 is 1.13 bits per heavy atom. The molecule has 0 N–H and O–H groups in total. The van der Waals surface area contributed by atoms with E-state index in [1.807, 2.05) is 11.3 Å². The van der Waals surface area contributed by atoms with Crippen molar-refractivity contribution in [2.75, 3.05) is 4.90 Å².